The van der Waals surface area contributed by atoms with Gasteiger partial charge in [-0.3, -0.25) is 4.79 Å². The van der Waals surface area contributed by atoms with Crippen molar-refractivity contribution in [3.63, 3.8) is 0 Å². The lowest BCUT2D eigenvalue weighted by Crippen LogP contribution is -2.16. The third-order valence-corrected chi connectivity index (χ3v) is 1.92. The van der Waals surface area contributed by atoms with Crippen LogP contribution >= 0.6 is 0 Å². The molecule has 0 heterocycles. The predicted molar refractivity (Wildman–Crippen MR) is 47.7 cm³/mol. The number of carbonyl (C=O) groups is 1. The van der Waals surface area contributed by atoms with Gasteiger partial charge in [-0.2, -0.15) is 8.78 Å². The number of alkyl halides is 2. The summed E-state index contributed by atoms with van der Waals surface area (Å²) in [7, 11) is 1.30. The fourth-order valence-electron chi connectivity index (χ4n) is 1.25. The van der Waals surface area contributed by atoms with Crippen molar-refractivity contribution in [3.05, 3.63) is 29.3 Å². The Labute approximate surface area is 80.5 Å². The van der Waals surface area contributed by atoms with Gasteiger partial charge in [-0.15, -0.1) is 0 Å². The van der Waals surface area contributed by atoms with E-state index in [0.717, 1.165) is 0 Å². The molecule has 0 bridgehead atoms. The van der Waals surface area contributed by atoms with Crippen LogP contribution in [0.5, 0.6) is 5.75 Å². The van der Waals surface area contributed by atoms with Crippen molar-refractivity contribution >= 4 is 6.29 Å². The van der Waals surface area contributed by atoms with Gasteiger partial charge in [0, 0.05) is 0 Å². The smallest absolute Gasteiger partial charge is 0.331 e. The molecule has 1 aromatic carbocycles. The Hall–Kier alpha value is -1.45. The van der Waals surface area contributed by atoms with Gasteiger partial charge in [-0.25, -0.2) is 0 Å². The molecule has 14 heavy (non-hydrogen) atoms. The van der Waals surface area contributed by atoms with E-state index in [-0.39, 0.29) is 12.0 Å². The normalized spacial score (nSPS) is 11.1. The van der Waals surface area contributed by atoms with Crippen molar-refractivity contribution < 1.29 is 18.3 Å². The number of aryl methyl sites for hydroxylation is 1. The monoisotopic (exact) mass is 200 g/mol. The van der Waals surface area contributed by atoms with Crippen LogP contribution in [0.25, 0.3) is 0 Å². The Balaban J connectivity index is 3.34. The van der Waals surface area contributed by atoms with Crippen molar-refractivity contribution in [1.82, 2.24) is 0 Å². The number of rotatable bonds is 3. The molecule has 0 saturated heterocycles. The highest BCUT2D eigenvalue weighted by Crippen LogP contribution is 2.35. The van der Waals surface area contributed by atoms with Crippen LogP contribution in [0.15, 0.2) is 18.2 Å². The Morgan fingerprint density at radius 1 is 1.43 bits per heavy atom. The molecule has 1 aromatic rings. The molecular weight excluding hydrogens is 190 g/mol. The van der Waals surface area contributed by atoms with Gasteiger partial charge >= 0.3 is 5.92 Å². The molecule has 0 aliphatic heterocycles. The molecule has 0 saturated carbocycles. The van der Waals surface area contributed by atoms with E-state index < -0.39 is 11.5 Å². The van der Waals surface area contributed by atoms with Crippen molar-refractivity contribution in [3.8, 4) is 5.75 Å². The second-order valence-electron chi connectivity index (χ2n) is 2.90. The summed E-state index contributed by atoms with van der Waals surface area (Å²) < 4.78 is 31.0. The van der Waals surface area contributed by atoms with Crippen LogP contribution < -0.4 is 4.74 Å². The van der Waals surface area contributed by atoms with Gasteiger partial charge in [0.15, 0.2) is 6.29 Å². The minimum atomic E-state index is -3.49. The van der Waals surface area contributed by atoms with E-state index in [4.69, 9.17) is 4.74 Å². The highest BCUT2D eigenvalue weighted by Gasteiger charge is 2.34. The maximum absolute atomic E-state index is 13.1. The molecular formula is C10H10F2O2. The van der Waals surface area contributed by atoms with Crippen molar-refractivity contribution in [2.75, 3.05) is 7.11 Å². The second-order valence-corrected chi connectivity index (χ2v) is 2.90. The van der Waals surface area contributed by atoms with Crippen LogP contribution in [-0.2, 0) is 10.7 Å². The van der Waals surface area contributed by atoms with Crippen molar-refractivity contribution in [2.45, 2.75) is 12.8 Å². The zero-order valence-electron chi connectivity index (χ0n) is 7.88. The summed E-state index contributed by atoms with van der Waals surface area (Å²) in [6.07, 6.45) is -0.385. The highest BCUT2D eigenvalue weighted by atomic mass is 19.3. The summed E-state index contributed by atoms with van der Waals surface area (Å²) in [5.41, 5.74) is 0.182. The molecule has 0 aliphatic rings. The largest absolute Gasteiger partial charge is 0.496 e. The Bertz CT molecular complexity index is 348. The fraction of sp³-hybridized carbons (Fsp3) is 0.300. The summed E-state index contributed by atoms with van der Waals surface area (Å²) in [5, 5.41) is 0. The van der Waals surface area contributed by atoms with Gasteiger partial charge in [0.25, 0.3) is 0 Å². The van der Waals surface area contributed by atoms with Gasteiger partial charge < -0.3 is 4.74 Å². The Kier molecular flexibility index (Phi) is 2.84. The lowest BCUT2D eigenvalue weighted by Gasteiger charge is -2.15. The minimum absolute atomic E-state index is 0.0598. The van der Waals surface area contributed by atoms with Crippen molar-refractivity contribution in [2.24, 2.45) is 0 Å². The topological polar surface area (TPSA) is 26.3 Å². The van der Waals surface area contributed by atoms with E-state index >= 15 is 0 Å². The zero-order valence-corrected chi connectivity index (χ0v) is 7.88. The maximum Gasteiger partial charge on any atom is 0.331 e. The van der Waals surface area contributed by atoms with Crippen LogP contribution in [0, 0.1) is 6.92 Å². The fourth-order valence-corrected chi connectivity index (χ4v) is 1.25. The molecule has 0 aliphatic carbocycles. The van der Waals surface area contributed by atoms with E-state index in [9.17, 15) is 13.6 Å². The summed E-state index contributed by atoms with van der Waals surface area (Å²) >= 11 is 0. The lowest BCUT2D eigenvalue weighted by molar-refractivity contribution is -0.130. The van der Waals surface area contributed by atoms with Crippen LogP contribution in [0.1, 0.15) is 11.1 Å². The molecule has 1 rings (SSSR count). The molecule has 76 valence electrons. The molecule has 0 fully saturated rings. The number of carbonyl (C=O) groups excluding carboxylic acids is 1. The van der Waals surface area contributed by atoms with E-state index in [1.807, 2.05) is 0 Å². The van der Waals surface area contributed by atoms with E-state index in [1.54, 1.807) is 13.0 Å². The van der Waals surface area contributed by atoms with Gasteiger partial charge in [-0.1, -0.05) is 12.1 Å². The molecule has 0 N–H and O–H groups in total. The first-order valence-electron chi connectivity index (χ1n) is 4.01. The average molecular weight is 200 g/mol. The number of hydrogen-bond acceptors (Lipinski definition) is 2. The summed E-state index contributed by atoms with van der Waals surface area (Å²) in [4.78, 5) is 10.2. The first-order valence-corrected chi connectivity index (χ1v) is 4.01. The van der Waals surface area contributed by atoms with Crippen LogP contribution in [-0.4, -0.2) is 13.4 Å². The Morgan fingerprint density at radius 2 is 2.07 bits per heavy atom. The molecule has 0 amide bonds. The quantitative estimate of drug-likeness (QED) is 0.700. The standard InChI is InChI=1S/C10H10F2O2/c1-7-4-3-5-8(9(7)14-2)10(11,12)6-13/h3-6H,1-2H3. The van der Waals surface area contributed by atoms with Gasteiger partial charge in [0.1, 0.15) is 5.75 Å². The molecule has 0 unspecified atom stereocenters. The highest BCUT2D eigenvalue weighted by molar-refractivity contribution is 5.66. The van der Waals surface area contributed by atoms with Gasteiger partial charge in [0.2, 0.25) is 0 Å². The number of para-hydroxylation sites is 1. The summed E-state index contributed by atoms with van der Waals surface area (Å²) in [5.74, 6) is -3.43. The molecule has 0 aromatic heterocycles. The van der Waals surface area contributed by atoms with E-state index in [2.05, 4.69) is 0 Å². The number of ether oxygens (including phenoxy) is 1. The second kappa shape index (κ2) is 3.74. The number of benzene rings is 1. The molecule has 2 nitrogen and oxygen atoms in total. The van der Waals surface area contributed by atoms with Gasteiger partial charge in [0.05, 0.1) is 12.7 Å². The lowest BCUT2D eigenvalue weighted by atomic mass is 10.0. The zero-order chi connectivity index (χ0) is 10.8. The third-order valence-electron chi connectivity index (χ3n) is 1.92. The molecule has 0 radical (unpaired) electrons. The third kappa shape index (κ3) is 1.73. The van der Waals surface area contributed by atoms with E-state index in [0.29, 0.717) is 5.56 Å². The number of methoxy groups -OCH3 is 1. The van der Waals surface area contributed by atoms with Crippen LogP contribution in [0.2, 0.25) is 0 Å². The first-order chi connectivity index (χ1) is 6.53. The summed E-state index contributed by atoms with van der Waals surface area (Å²) in [6.45, 7) is 1.64. The molecule has 0 atom stereocenters. The predicted octanol–water partition coefficient (Wildman–Crippen LogP) is 2.29. The van der Waals surface area contributed by atoms with Crippen LogP contribution in [0.4, 0.5) is 8.78 Å². The molecule has 0 spiro atoms. The number of hydrogen-bond donors (Lipinski definition) is 0. The average Bonchev–Trinajstić information content (AvgIpc) is 2.17. The van der Waals surface area contributed by atoms with Crippen LogP contribution in [0.3, 0.4) is 0 Å². The van der Waals surface area contributed by atoms with Gasteiger partial charge in [-0.05, 0) is 18.6 Å². The first kappa shape index (κ1) is 10.6. The van der Waals surface area contributed by atoms with Crippen molar-refractivity contribution in [1.29, 1.82) is 0 Å². The number of aldehydes is 1. The van der Waals surface area contributed by atoms with E-state index in [1.165, 1.54) is 19.2 Å². The minimum Gasteiger partial charge on any atom is -0.496 e. The Morgan fingerprint density at radius 3 is 2.57 bits per heavy atom. The SMILES string of the molecule is COc1c(C)cccc1C(F)(F)C=O. The number of halogens is 2. The molecule has 4 heteroatoms. The maximum atomic E-state index is 13.1. The summed E-state index contributed by atoms with van der Waals surface area (Å²) in [6, 6.07) is 4.29.